The van der Waals surface area contributed by atoms with E-state index in [0.717, 1.165) is 25.9 Å². The monoisotopic (exact) mass is 424 g/mol. The summed E-state index contributed by atoms with van der Waals surface area (Å²) in [5, 5.41) is 0. The van der Waals surface area contributed by atoms with Crippen molar-refractivity contribution in [2.45, 2.75) is 50.7 Å². The van der Waals surface area contributed by atoms with Crippen LogP contribution in [0.1, 0.15) is 38.5 Å². The molecule has 2 N–H and O–H groups in total. The predicted molar refractivity (Wildman–Crippen MR) is 98.5 cm³/mol. The number of aliphatic imine (C=N–C) groups is 1. The van der Waals surface area contributed by atoms with E-state index in [9.17, 15) is 4.79 Å². The zero-order valence-corrected chi connectivity index (χ0v) is 16.0. The molecule has 2 heterocycles. The lowest BCUT2D eigenvalue weighted by molar-refractivity contribution is -0.140. The van der Waals surface area contributed by atoms with Crippen molar-refractivity contribution in [2.75, 3.05) is 33.7 Å². The van der Waals surface area contributed by atoms with Gasteiger partial charge in [-0.15, -0.1) is 24.0 Å². The van der Waals surface area contributed by atoms with Gasteiger partial charge in [0.25, 0.3) is 5.91 Å². The Hall–Kier alpha value is -0.570. The smallest absolute Gasteiger partial charge is 0.251 e. The van der Waals surface area contributed by atoms with E-state index in [1.807, 2.05) is 0 Å². The zero-order valence-electron chi connectivity index (χ0n) is 13.7. The van der Waals surface area contributed by atoms with Crippen LogP contribution in [-0.4, -0.2) is 67.6 Å². The van der Waals surface area contributed by atoms with E-state index in [-0.39, 0.29) is 42.1 Å². The molecule has 2 atom stereocenters. The molecule has 0 radical (unpaired) electrons. The number of hydrogen-bond donors (Lipinski definition) is 1. The van der Waals surface area contributed by atoms with Crippen molar-refractivity contribution < 1.29 is 9.53 Å². The number of likely N-dealkylation sites (N-methyl/N-ethyl adjacent to an activating group) is 1. The first-order valence-electron chi connectivity index (χ1n) is 7.99. The second-order valence-corrected chi connectivity index (χ2v) is 6.16. The highest BCUT2D eigenvalue weighted by Crippen LogP contribution is 2.21. The highest BCUT2D eigenvalue weighted by molar-refractivity contribution is 14.0. The van der Waals surface area contributed by atoms with Crippen LogP contribution in [0.3, 0.4) is 0 Å². The van der Waals surface area contributed by atoms with Crippen LogP contribution in [0, 0.1) is 0 Å². The molecule has 2 saturated heterocycles. The maximum Gasteiger partial charge on any atom is 0.251 e. The molecule has 0 aliphatic carbocycles. The first-order chi connectivity index (χ1) is 10.1. The van der Waals surface area contributed by atoms with E-state index in [0.29, 0.717) is 12.5 Å². The Kier molecular flexibility index (Phi) is 8.45. The Labute approximate surface area is 150 Å². The van der Waals surface area contributed by atoms with Gasteiger partial charge in [0, 0.05) is 27.2 Å². The van der Waals surface area contributed by atoms with Crippen molar-refractivity contribution in [3.05, 3.63) is 0 Å². The second kappa shape index (κ2) is 9.54. The standard InChI is InChI=1S/C15H28N4O2.HI/c1-18(2)14(20)13-8-7-12(21-13)11-17-15(16)19-9-5-3-4-6-10-19;/h12-13H,3-11H2,1-2H3,(H2,16,17);1H. The quantitative estimate of drug-likeness (QED) is 0.423. The van der Waals surface area contributed by atoms with Crippen LogP contribution in [-0.2, 0) is 9.53 Å². The zero-order chi connectivity index (χ0) is 15.2. The van der Waals surface area contributed by atoms with Gasteiger partial charge in [-0.05, 0) is 25.7 Å². The van der Waals surface area contributed by atoms with Crippen LogP contribution in [0.15, 0.2) is 4.99 Å². The summed E-state index contributed by atoms with van der Waals surface area (Å²) in [4.78, 5) is 20.1. The average molecular weight is 424 g/mol. The van der Waals surface area contributed by atoms with E-state index >= 15 is 0 Å². The van der Waals surface area contributed by atoms with Crippen LogP contribution in [0.5, 0.6) is 0 Å². The van der Waals surface area contributed by atoms with E-state index in [2.05, 4.69) is 9.89 Å². The predicted octanol–water partition coefficient (Wildman–Crippen LogP) is 1.43. The summed E-state index contributed by atoms with van der Waals surface area (Å²) < 4.78 is 5.77. The lowest BCUT2D eigenvalue weighted by Gasteiger charge is -2.21. The van der Waals surface area contributed by atoms with E-state index in [4.69, 9.17) is 10.5 Å². The number of likely N-dealkylation sites (tertiary alicyclic amines) is 1. The van der Waals surface area contributed by atoms with Crippen molar-refractivity contribution in [1.82, 2.24) is 9.80 Å². The number of amides is 1. The number of halogens is 1. The largest absolute Gasteiger partial charge is 0.370 e. The van der Waals surface area contributed by atoms with Crippen molar-refractivity contribution in [2.24, 2.45) is 10.7 Å². The number of nitrogens with two attached hydrogens (primary N) is 1. The Morgan fingerprint density at radius 3 is 2.45 bits per heavy atom. The minimum absolute atomic E-state index is 0. The summed E-state index contributed by atoms with van der Waals surface area (Å²) in [6.45, 7) is 2.56. The van der Waals surface area contributed by atoms with Gasteiger partial charge >= 0.3 is 0 Å². The SMILES string of the molecule is CN(C)C(=O)C1CCC(CN=C(N)N2CCCCCC2)O1.I. The molecule has 1 amide bonds. The van der Waals surface area contributed by atoms with E-state index in [1.54, 1.807) is 19.0 Å². The lowest BCUT2D eigenvalue weighted by atomic mass is 10.2. The fraction of sp³-hybridized carbons (Fsp3) is 0.867. The maximum absolute atomic E-state index is 11.8. The van der Waals surface area contributed by atoms with Gasteiger partial charge in [-0.3, -0.25) is 9.79 Å². The number of ether oxygens (including phenoxy) is 1. The molecular formula is C15H29IN4O2. The number of rotatable bonds is 3. The van der Waals surface area contributed by atoms with Crippen molar-refractivity contribution >= 4 is 35.8 Å². The molecule has 6 nitrogen and oxygen atoms in total. The van der Waals surface area contributed by atoms with Crippen molar-refractivity contribution in [3.8, 4) is 0 Å². The van der Waals surface area contributed by atoms with Gasteiger partial charge in [0.2, 0.25) is 0 Å². The summed E-state index contributed by atoms with van der Waals surface area (Å²) in [5.41, 5.74) is 6.08. The van der Waals surface area contributed by atoms with Crippen LogP contribution >= 0.6 is 24.0 Å². The Morgan fingerprint density at radius 2 is 1.86 bits per heavy atom. The Morgan fingerprint density at radius 1 is 1.23 bits per heavy atom. The van der Waals surface area contributed by atoms with Gasteiger partial charge < -0.3 is 20.3 Å². The number of carbonyl (C=O) groups excluding carboxylic acids is 1. The van der Waals surface area contributed by atoms with Crippen molar-refractivity contribution in [1.29, 1.82) is 0 Å². The first kappa shape index (κ1) is 19.5. The number of hydrogen-bond acceptors (Lipinski definition) is 3. The second-order valence-electron chi connectivity index (χ2n) is 6.16. The molecular weight excluding hydrogens is 395 g/mol. The fourth-order valence-electron chi connectivity index (χ4n) is 2.90. The average Bonchev–Trinajstić information content (AvgIpc) is 2.76. The maximum atomic E-state index is 11.8. The van der Waals surface area contributed by atoms with Crippen LogP contribution in [0.25, 0.3) is 0 Å². The molecule has 0 saturated carbocycles. The lowest BCUT2D eigenvalue weighted by Crippen LogP contribution is -2.38. The highest BCUT2D eigenvalue weighted by Gasteiger charge is 2.31. The van der Waals surface area contributed by atoms with Gasteiger partial charge in [0.05, 0.1) is 12.6 Å². The molecule has 0 aromatic rings. The number of nitrogens with zero attached hydrogens (tertiary/aromatic N) is 3. The molecule has 0 aromatic heterocycles. The normalized spacial score (nSPS) is 26.3. The van der Waals surface area contributed by atoms with Gasteiger partial charge in [-0.2, -0.15) is 0 Å². The van der Waals surface area contributed by atoms with E-state index < -0.39 is 0 Å². The van der Waals surface area contributed by atoms with Gasteiger partial charge in [-0.25, -0.2) is 0 Å². The van der Waals surface area contributed by atoms with Gasteiger partial charge in [0.15, 0.2) is 5.96 Å². The van der Waals surface area contributed by atoms with E-state index in [1.165, 1.54) is 25.7 Å². The van der Waals surface area contributed by atoms with Gasteiger partial charge in [-0.1, -0.05) is 12.8 Å². The molecule has 128 valence electrons. The summed E-state index contributed by atoms with van der Waals surface area (Å²) in [5.74, 6) is 0.671. The molecule has 0 spiro atoms. The molecule has 0 aromatic carbocycles. The molecule has 0 bridgehead atoms. The molecule has 2 unspecified atom stereocenters. The Bertz CT molecular complexity index is 382. The first-order valence-corrected chi connectivity index (χ1v) is 7.99. The van der Waals surface area contributed by atoms with Crippen LogP contribution in [0.2, 0.25) is 0 Å². The summed E-state index contributed by atoms with van der Waals surface area (Å²) >= 11 is 0. The molecule has 22 heavy (non-hydrogen) atoms. The Balaban J connectivity index is 0.00000242. The molecule has 2 aliphatic rings. The molecule has 2 rings (SSSR count). The third-order valence-electron chi connectivity index (χ3n) is 4.21. The number of guanidine groups is 1. The molecule has 2 aliphatic heterocycles. The molecule has 2 fully saturated rings. The summed E-state index contributed by atoms with van der Waals surface area (Å²) in [7, 11) is 3.52. The minimum Gasteiger partial charge on any atom is -0.370 e. The van der Waals surface area contributed by atoms with Crippen LogP contribution < -0.4 is 5.73 Å². The van der Waals surface area contributed by atoms with Crippen LogP contribution in [0.4, 0.5) is 0 Å². The highest BCUT2D eigenvalue weighted by atomic mass is 127. The summed E-state index contributed by atoms with van der Waals surface area (Å²) in [6, 6.07) is 0. The topological polar surface area (TPSA) is 71.2 Å². The molecule has 7 heteroatoms. The fourth-order valence-corrected chi connectivity index (χ4v) is 2.90. The third kappa shape index (κ3) is 5.57. The van der Waals surface area contributed by atoms with Gasteiger partial charge in [0.1, 0.15) is 6.10 Å². The van der Waals surface area contributed by atoms with Crippen molar-refractivity contribution in [3.63, 3.8) is 0 Å². The third-order valence-corrected chi connectivity index (χ3v) is 4.21. The minimum atomic E-state index is -0.306. The summed E-state index contributed by atoms with van der Waals surface area (Å²) in [6.07, 6.45) is 6.31. The number of carbonyl (C=O) groups is 1.